The number of halogens is 3. The molecule has 0 aliphatic carbocycles. The van der Waals surface area contributed by atoms with Crippen LogP contribution in [0.3, 0.4) is 0 Å². The fourth-order valence-corrected chi connectivity index (χ4v) is 2.68. The molecule has 1 N–H and O–H groups in total. The van der Waals surface area contributed by atoms with Crippen molar-refractivity contribution >= 4 is 21.6 Å². The predicted molar refractivity (Wildman–Crippen MR) is 86.1 cm³/mol. The van der Waals surface area contributed by atoms with E-state index < -0.39 is 34.2 Å². The van der Waals surface area contributed by atoms with E-state index in [0.717, 1.165) is 18.4 Å². The first-order valence-corrected chi connectivity index (χ1v) is 9.11. The molecule has 5 nitrogen and oxygen atoms in total. The Morgan fingerprint density at radius 1 is 1.25 bits per heavy atom. The van der Waals surface area contributed by atoms with E-state index in [9.17, 15) is 26.4 Å². The standard InChI is InChI=1S/C15H21F3N2O3S/c1-10(2)11(3)19-14(21)9-20(24(4,22)23)13-7-5-6-12(8-13)15(16,17)18/h5-8,10-11H,9H2,1-4H3,(H,19,21). The minimum absolute atomic E-state index is 0.134. The van der Waals surface area contributed by atoms with Gasteiger partial charge in [-0.1, -0.05) is 19.9 Å². The van der Waals surface area contributed by atoms with Crippen LogP contribution in [-0.2, 0) is 21.0 Å². The van der Waals surface area contributed by atoms with Crippen LogP contribution in [0.4, 0.5) is 18.9 Å². The molecule has 1 unspecified atom stereocenters. The highest BCUT2D eigenvalue weighted by Crippen LogP contribution is 2.32. The van der Waals surface area contributed by atoms with Crippen LogP contribution in [0, 0.1) is 5.92 Å². The number of anilines is 1. The van der Waals surface area contributed by atoms with Crippen molar-refractivity contribution < 1.29 is 26.4 Å². The lowest BCUT2D eigenvalue weighted by molar-refractivity contribution is -0.137. The minimum atomic E-state index is -4.60. The molecule has 0 aliphatic rings. The van der Waals surface area contributed by atoms with Gasteiger partial charge in [0.05, 0.1) is 17.5 Å². The lowest BCUT2D eigenvalue weighted by Crippen LogP contribution is -2.44. The van der Waals surface area contributed by atoms with Gasteiger partial charge in [0.1, 0.15) is 6.54 Å². The largest absolute Gasteiger partial charge is 0.416 e. The number of benzene rings is 1. The normalized spacial score (nSPS) is 13.7. The third-order valence-electron chi connectivity index (χ3n) is 3.54. The molecular weight excluding hydrogens is 345 g/mol. The van der Waals surface area contributed by atoms with Crippen LogP contribution in [0.2, 0.25) is 0 Å². The van der Waals surface area contributed by atoms with E-state index in [2.05, 4.69) is 5.32 Å². The highest BCUT2D eigenvalue weighted by Gasteiger charge is 2.32. The number of rotatable bonds is 6. The third kappa shape index (κ3) is 5.70. The lowest BCUT2D eigenvalue weighted by Gasteiger charge is -2.24. The van der Waals surface area contributed by atoms with Crippen LogP contribution in [0.25, 0.3) is 0 Å². The second-order valence-electron chi connectivity index (χ2n) is 5.92. The Labute approximate surface area is 139 Å². The Bertz CT molecular complexity index is 687. The second kappa shape index (κ2) is 7.42. The smallest absolute Gasteiger partial charge is 0.352 e. The van der Waals surface area contributed by atoms with Crippen molar-refractivity contribution in [2.45, 2.75) is 33.0 Å². The molecule has 24 heavy (non-hydrogen) atoms. The van der Waals surface area contributed by atoms with Gasteiger partial charge in [-0.3, -0.25) is 9.10 Å². The van der Waals surface area contributed by atoms with Gasteiger partial charge in [0, 0.05) is 6.04 Å². The summed E-state index contributed by atoms with van der Waals surface area (Å²) in [7, 11) is -3.93. The van der Waals surface area contributed by atoms with Gasteiger partial charge in [-0.15, -0.1) is 0 Å². The van der Waals surface area contributed by atoms with E-state index in [1.165, 1.54) is 6.07 Å². The molecule has 0 saturated carbocycles. The number of alkyl halides is 3. The van der Waals surface area contributed by atoms with Gasteiger partial charge in [0.15, 0.2) is 0 Å². The summed E-state index contributed by atoms with van der Waals surface area (Å²) in [4.78, 5) is 12.0. The maximum atomic E-state index is 12.8. The van der Waals surface area contributed by atoms with Crippen LogP contribution in [-0.4, -0.2) is 33.2 Å². The fourth-order valence-electron chi connectivity index (χ4n) is 1.83. The number of nitrogens with one attached hydrogen (secondary N) is 1. The summed E-state index contributed by atoms with van der Waals surface area (Å²) in [6.07, 6.45) is -3.76. The van der Waals surface area contributed by atoms with E-state index in [4.69, 9.17) is 0 Å². The summed E-state index contributed by atoms with van der Waals surface area (Å²) in [5.74, 6) is -0.451. The van der Waals surface area contributed by atoms with Gasteiger partial charge >= 0.3 is 6.18 Å². The molecule has 0 aromatic heterocycles. The van der Waals surface area contributed by atoms with Gasteiger partial charge in [0.2, 0.25) is 15.9 Å². The summed E-state index contributed by atoms with van der Waals surface area (Å²) < 4.78 is 62.9. The zero-order chi connectivity index (χ0) is 18.7. The number of hydrogen-bond donors (Lipinski definition) is 1. The van der Waals surface area contributed by atoms with Crippen molar-refractivity contribution in [2.75, 3.05) is 17.1 Å². The number of carbonyl (C=O) groups is 1. The van der Waals surface area contributed by atoms with Gasteiger partial charge in [0.25, 0.3) is 0 Å². The van der Waals surface area contributed by atoms with Crippen molar-refractivity contribution in [1.29, 1.82) is 0 Å². The second-order valence-corrected chi connectivity index (χ2v) is 7.82. The van der Waals surface area contributed by atoms with Crippen LogP contribution in [0.5, 0.6) is 0 Å². The molecule has 0 bridgehead atoms. The van der Waals surface area contributed by atoms with E-state index in [-0.39, 0.29) is 17.6 Å². The fraction of sp³-hybridized carbons (Fsp3) is 0.533. The Kier molecular flexibility index (Phi) is 6.26. The minimum Gasteiger partial charge on any atom is -0.352 e. The van der Waals surface area contributed by atoms with E-state index in [1.54, 1.807) is 6.92 Å². The van der Waals surface area contributed by atoms with Gasteiger partial charge in [-0.2, -0.15) is 13.2 Å². The molecule has 0 heterocycles. The number of nitrogens with zero attached hydrogens (tertiary/aromatic N) is 1. The number of sulfonamides is 1. The number of hydrogen-bond acceptors (Lipinski definition) is 3. The molecule has 1 atom stereocenters. The average Bonchev–Trinajstić information content (AvgIpc) is 2.42. The maximum absolute atomic E-state index is 12.8. The third-order valence-corrected chi connectivity index (χ3v) is 4.68. The van der Waals surface area contributed by atoms with Crippen LogP contribution in [0.1, 0.15) is 26.3 Å². The number of amides is 1. The summed E-state index contributed by atoms with van der Waals surface area (Å²) in [5, 5.41) is 2.63. The topological polar surface area (TPSA) is 66.5 Å². The van der Waals surface area contributed by atoms with Crippen molar-refractivity contribution in [3.63, 3.8) is 0 Å². The van der Waals surface area contributed by atoms with Gasteiger partial charge < -0.3 is 5.32 Å². The highest BCUT2D eigenvalue weighted by atomic mass is 32.2. The Morgan fingerprint density at radius 3 is 2.29 bits per heavy atom. The summed E-state index contributed by atoms with van der Waals surface area (Å²) in [6.45, 7) is 4.94. The summed E-state index contributed by atoms with van der Waals surface area (Å²) in [5.41, 5.74) is -1.19. The van der Waals surface area contributed by atoms with E-state index in [1.807, 2.05) is 13.8 Å². The Morgan fingerprint density at radius 2 is 1.83 bits per heavy atom. The molecule has 0 aliphatic heterocycles. The molecular formula is C15H21F3N2O3S. The highest BCUT2D eigenvalue weighted by molar-refractivity contribution is 7.92. The molecule has 1 amide bonds. The van der Waals surface area contributed by atoms with Gasteiger partial charge in [-0.05, 0) is 31.0 Å². The van der Waals surface area contributed by atoms with Gasteiger partial charge in [-0.25, -0.2) is 8.42 Å². The first-order chi connectivity index (χ1) is 10.8. The van der Waals surface area contributed by atoms with Crippen molar-refractivity contribution in [3.8, 4) is 0 Å². The Hall–Kier alpha value is -1.77. The summed E-state index contributed by atoms with van der Waals surface area (Å²) >= 11 is 0. The molecule has 136 valence electrons. The van der Waals surface area contributed by atoms with Crippen molar-refractivity contribution in [1.82, 2.24) is 5.32 Å². The molecule has 0 radical (unpaired) electrons. The molecule has 0 fully saturated rings. The SMILES string of the molecule is CC(C)C(C)NC(=O)CN(c1cccc(C(F)(F)F)c1)S(C)(=O)=O. The van der Waals surface area contributed by atoms with Crippen LogP contribution in [0.15, 0.2) is 24.3 Å². The first-order valence-electron chi connectivity index (χ1n) is 7.26. The monoisotopic (exact) mass is 366 g/mol. The van der Waals surface area contributed by atoms with Crippen molar-refractivity contribution in [2.24, 2.45) is 5.92 Å². The molecule has 1 aromatic rings. The zero-order valence-electron chi connectivity index (χ0n) is 13.9. The van der Waals surface area contributed by atoms with Crippen LogP contribution < -0.4 is 9.62 Å². The molecule has 0 saturated heterocycles. The molecule has 0 spiro atoms. The van der Waals surface area contributed by atoms with Crippen LogP contribution >= 0.6 is 0 Å². The quantitative estimate of drug-likeness (QED) is 0.842. The molecule has 1 rings (SSSR count). The zero-order valence-corrected chi connectivity index (χ0v) is 14.7. The number of carbonyl (C=O) groups excluding carboxylic acids is 1. The first kappa shape index (κ1) is 20.3. The predicted octanol–water partition coefficient (Wildman–Crippen LogP) is 2.63. The molecule has 9 heteroatoms. The van der Waals surface area contributed by atoms with Crippen molar-refractivity contribution in [3.05, 3.63) is 29.8 Å². The maximum Gasteiger partial charge on any atom is 0.416 e. The molecule has 1 aromatic carbocycles. The lowest BCUT2D eigenvalue weighted by atomic mass is 10.1. The summed E-state index contributed by atoms with van der Waals surface area (Å²) in [6, 6.07) is 3.67. The average molecular weight is 366 g/mol. The Balaban J connectivity index is 3.10. The van der Waals surface area contributed by atoms with E-state index in [0.29, 0.717) is 10.4 Å². The van der Waals surface area contributed by atoms with E-state index >= 15 is 0 Å².